The molecule has 2 unspecified atom stereocenters. The molecule has 1 heterocycles. The SMILES string of the molecule is B[C@@H]1O[C@H](CC)C(OP(=O)(O)OC)[C@@H]1OCCOC. The van der Waals surface area contributed by atoms with E-state index in [4.69, 9.17) is 18.7 Å². The Morgan fingerprint density at radius 1 is 1.32 bits per heavy atom. The average molecular weight is 296 g/mol. The third kappa shape index (κ3) is 4.83. The van der Waals surface area contributed by atoms with Gasteiger partial charge >= 0.3 is 7.82 Å². The van der Waals surface area contributed by atoms with E-state index >= 15 is 0 Å². The number of rotatable bonds is 8. The van der Waals surface area contributed by atoms with E-state index in [1.54, 1.807) is 7.11 Å². The van der Waals surface area contributed by atoms with E-state index in [1.165, 1.54) is 0 Å². The van der Waals surface area contributed by atoms with Gasteiger partial charge in [-0.3, -0.25) is 9.05 Å². The minimum Gasteiger partial charge on any atom is -0.382 e. The van der Waals surface area contributed by atoms with Gasteiger partial charge in [-0.25, -0.2) is 4.57 Å². The van der Waals surface area contributed by atoms with Crippen LogP contribution in [0.15, 0.2) is 0 Å². The van der Waals surface area contributed by atoms with Gasteiger partial charge in [0.2, 0.25) is 0 Å². The molecular weight excluding hydrogens is 274 g/mol. The van der Waals surface area contributed by atoms with Crippen molar-refractivity contribution >= 4 is 15.7 Å². The number of phosphoric acid groups is 1. The van der Waals surface area contributed by atoms with Crippen LogP contribution < -0.4 is 0 Å². The molecule has 7 nitrogen and oxygen atoms in total. The Hall–Kier alpha value is 0.0549. The molecule has 112 valence electrons. The van der Waals surface area contributed by atoms with Crippen molar-refractivity contribution in [3.63, 3.8) is 0 Å². The Labute approximate surface area is 114 Å². The second-order valence-corrected chi connectivity index (χ2v) is 5.85. The molecule has 5 atom stereocenters. The lowest BCUT2D eigenvalue weighted by Gasteiger charge is -2.24. The number of ether oxygens (including phenoxy) is 3. The molecule has 1 rings (SSSR count). The molecule has 1 aliphatic heterocycles. The van der Waals surface area contributed by atoms with Crippen molar-refractivity contribution in [3.8, 4) is 0 Å². The third-order valence-corrected chi connectivity index (χ3v) is 4.00. The van der Waals surface area contributed by atoms with E-state index < -0.39 is 20.0 Å². The fourth-order valence-corrected chi connectivity index (χ4v) is 2.71. The van der Waals surface area contributed by atoms with Crippen molar-refractivity contribution in [2.75, 3.05) is 27.4 Å². The summed E-state index contributed by atoms with van der Waals surface area (Å²) in [5, 5.41) is 0. The summed E-state index contributed by atoms with van der Waals surface area (Å²) in [6, 6.07) is -0.219. The topological polar surface area (TPSA) is 83.5 Å². The first-order valence-electron chi connectivity index (χ1n) is 6.28. The first kappa shape index (κ1) is 17.1. The molecule has 1 N–H and O–H groups in total. The van der Waals surface area contributed by atoms with Gasteiger partial charge in [0, 0.05) is 14.2 Å². The van der Waals surface area contributed by atoms with Crippen LogP contribution in [0.4, 0.5) is 0 Å². The van der Waals surface area contributed by atoms with E-state index in [9.17, 15) is 9.46 Å². The molecule has 1 fully saturated rings. The maximum Gasteiger partial charge on any atom is 0.472 e. The highest BCUT2D eigenvalue weighted by Gasteiger charge is 2.46. The van der Waals surface area contributed by atoms with Gasteiger partial charge in [0.05, 0.1) is 25.3 Å². The zero-order chi connectivity index (χ0) is 14.5. The summed E-state index contributed by atoms with van der Waals surface area (Å²) in [6.07, 6.45) is -0.690. The molecule has 0 aliphatic carbocycles. The highest BCUT2D eigenvalue weighted by molar-refractivity contribution is 7.47. The van der Waals surface area contributed by atoms with E-state index in [0.29, 0.717) is 19.6 Å². The molecule has 9 heteroatoms. The maximum atomic E-state index is 11.6. The Balaban J connectivity index is 2.70. The summed E-state index contributed by atoms with van der Waals surface area (Å²) >= 11 is 0. The molecule has 1 saturated heterocycles. The highest BCUT2D eigenvalue weighted by atomic mass is 31.2. The predicted octanol–water partition coefficient (Wildman–Crippen LogP) is -0.0820. The van der Waals surface area contributed by atoms with Crippen LogP contribution in [0.5, 0.6) is 0 Å². The van der Waals surface area contributed by atoms with Gasteiger partial charge in [0.1, 0.15) is 20.1 Å². The standard InChI is InChI=1S/C10H22BO7P/c1-4-7-8(18-19(12,13)15-3)9(10(11)17-7)16-6-5-14-2/h7-10H,4-6,11H2,1-3H3,(H,12,13)/t7-,8?,9+,10-/m1/s1. The van der Waals surface area contributed by atoms with Gasteiger partial charge < -0.3 is 19.1 Å². The number of methoxy groups -OCH3 is 1. The lowest BCUT2D eigenvalue weighted by Crippen LogP contribution is -2.37. The van der Waals surface area contributed by atoms with Crippen LogP contribution in [0.25, 0.3) is 0 Å². The lowest BCUT2D eigenvalue weighted by molar-refractivity contribution is -0.0383. The molecule has 0 aromatic heterocycles. The summed E-state index contributed by atoms with van der Waals surface area (Å²) in [5.74, 6) is 0. The zero-order valence-corrected chi connectivity index (χ0v) is 12.7. The number of hydrogen-bond donors (Lipinski definition) is 1. The minimum atomic E-state index is -4.07. The second-order valence-electron chi connectivity index (χ2n) is 4.34. The van der Waals surface area contributed by atoms with Crippen LogP contribution in [-0.4, -0.2) is 64.5 Å². The molecule has 0 aromatic rings. The van der Waals surface area contributed by atoms with E-state index in [1.807, 2.05) is 14.8 Å². The minimum absolute atomic E-state index is 0.219. The highest BCUT2D eigenvalue weighted by Crippen LogP contribution is 2.46. The number of hydrogen-bond acceptors (Lipinski definition) is 6. The second kappa shape index (κ2) is 7.74. The van der Waals surface area contributed by atoms with Crippen LogP contribution in [0.2, 0.25) is 0 Å². The van der Waals surface area contributed by atoms with Crippen molar-refractivity contribution in [3.05, 3.63) is 0 Å². The van der Waals surface area contributed by atoms with E-state index in [2.05, 4.69) is 4.52 Å². The Morgan fingerprint density at radius 2 is 2.00 bits per heavy atom. The average Bonchev–Trinajstić information content (AvgIpc) is 2.66. The van der Waals surface area contributed by atoms with Crippen LogP contribution in [0.3, 0.4) is 0 Å². The van der Waals surface area contributed by atoms with Crippen molar-refractivity contribution < 1.29 is 32.7 Å². The van der Waals surface area contributed by atoms with E-state index in [0.717, 1.165) is 7.11 Å². The molecule has 0 radical (unpaired) electrons. The maximum absolute atomic E-state index is 11.6. The van der Waals surface area contributed by atoms with Crippen LogP contribution in [0, 0.1) is 0 Å². The van der Waals surface area contributed by atoms with Crippen LogP contribution >= 0.6 is 7.82 Å². The fourth-order valence-electron chi connectivity index (χ4n) is 2.06. The smallest absolute Gasteiger partial charge is 0.382 e. The molecule has 0 saturated carbocycles. The summed E-state index contributed by atoms with van der Waals surface area (Å²) in [4.78, 5) is 9.45. The Morgan fingerprint density at radius 3 is 2.53 bits per heavy atom. The third-order valence-electron chi connectivity index (χ3n) is 3.03. The van der Waals surface area contributed by atoms with Gasteiger partial charge in [0.25, 0.3) is 0 Å². The largest absolute Gasteiger partial charge is 0.472 e. The van der Waals surface area contributed by atoms with Gasteiger partial charge in [-0.15, -0.1) is 0 Å². The van der Waals surface area contributed by atoms with Crippen LogP contribution in [-0.2, 0) is 27.8 Å². The van der Waals surface area contributed by atoms with Gasteiger partial charge in [0.15, 0.2) is 0 Å². The zero-order valence-electron chi connectivity index (χ0n) is 11.8. The molecule has 0 amide bonds. The predicted molar refractivity (Wildman–Crippen MR) is 70.8 cm³/mol. The van der Waals surface area contributed by atoms with E-state index in [-0.39, 0.29) is 12.1 Å². The van der Waals surface area contributed by atoms with Crippen molar-refractivity contribution in [2.45, 2.75) is 37.7 Å². The number of phosphoric ester groups is 1. The molecule has 0 bridgehead atoms. The summed E-state index contributed by atoms with van der Waals surface area (Å²) in [6.45, 7) is 2.72. The van der Waals surface area contributed by atoms with Crippen molar-refractivity contribution in [1.82, 2.24) is 0 Å². The lowest BCUT2D eigenvalue weighted by atomic mass is 9.92. The summed E-state index contributed by atoms with van der Waals surface area (Å²) < 4.78 is 37.4. The molecular formula is C10H22BO7P. The monoisotopic (exact) mass is 296 g/mol. The first-order chi connectivity index (χ1) is 8.95. The quantitative estimate of drug-likeness (QED) is 0.381. The fraction of sp³-hybridized carbons (Fsp3) is 1.00. The van der Waals surface area contributed by atoms with Crippen molar-refractivity contribution in [1.29, 1.82) is 0 Å². The van der Waals surface area contributed by atoms with Gasteiger partial charge in [-0.05, 0) is 6.42 Å². The summed E-state index contributed by atoms with van der Waals surface area (Å²) in [5.41, 5.74) is 0. The molecule has 19 heavy (non-hydrogen) atoms. The Bertz CT molecular complexity index is 316. The van der Waals surface area contributed by atoms with Crippen molar-refractivity contribution in [2.24, 2.45) is 0 Å². The normalized spacial score (nSPS) is 34.3. The molecule has 1 aliphatic rings. The van der Waals surface area contributed by atoms with Gasteiger partial charge in [-0.1, -0.05) is 6.92 Å². The summed E-state index contributed by atoms with van der Waals surface area (Å²) in [7, 11) is 0.482. The first-order valence-corrected chi connectivity index (χ1v) is 7.77. The van der Waals surface area contributed by atoms with Gasteiger partial charge in [-0.2, -0.15) is 0 Å². The Kier molecular flexibility index (Phi) is 6.97. The molecule has 0 spiro atoms. The molecule has 0 aromatic carbocycles. The van der Waals surface area contributed by atoms with Crippen LogP contribution in [0.1, 0.15) is 13.3 Å².